The lowest BCUT2D eigenvalue weighted by atomic mass is 10.1. The standard InChI is InChI=1S/C14H13F3N4O2/c15-14(16,17)9-23-8-10-2-4-11(5-3-10)12(22)20-21-13-18-6-1-7-19-13/h1-7H,8-9H2,(H,20,22)(H,18,19,21). The smallest absolute Gasteiger partial charge is 0.367 e. The third-order valence-corrected chi connectivity index (χ3v) is 2.60. The molecule has 2 N–H and O–H groups in total. The van der Waals surface area contributed by atoms with Crippen LogP contribution in [0.1, 0.15) is 15.9 Å². The fourth-order valence-electron chi connectivity index (χ4n) is 1.59. The zero-order valence-electron chi connectivity index (χ0n) is 11.8. The van der Waals surface area contributed by atoms with Crippen LogP contribution in [-0.2, 0) is 11.3 Å². The van der Waals surface area contributed by atoms with Crippen molar-refractivity contribution in [2.75, 3.05) is 12.0 Å². The van der Waals surface area contributed by atoms with Crippen molar-refractivity contribution in [3.8, 4) is 0 Å². The van der Waals surface area contributed by atoms with Gasteiger partial charge in [0.25, 0.3) is 5.91 Å². The van der Waals surface area contributed by atoms with Crippen molar-refractivity contribution < 1.29 is 22.7 Å². The van der Waals surface area contributed by atoms with E-state index < -0.39 is 18.7 Å². The van der Waals surface area contributed by atoms with Gasteiger partial charge in [0.05, 0.1) is 6.61 Å². The Balaban J connectivity index is 1.82. The maximum Gasteiger partial charge on any atom is 0.411 e. The van der Waals surface area contributed by atoms with Crippen LogP contribution in [0, 0.1) is 0 Å². The van der Waals surface area contributed by atoms with Crippen LogP contribution in [0.15, 0.2) is 42.7 Å². The van der Waals surface area contributed by atoms with Gasteiger partial charge in [0, 0.05) is 18.0 Å². The number of aromatic nitrogens is 2. The van der Waals surface area contributed by atoms with E-state index in [1.807, 2.05) is 0 Å². The highest BCUT2D eigenvalue weighted by Gasteiger charge is 2.27. The number of rotatable bonds is 6. The number of alkyl halides is 3. The summed E-state index contributed by atoms with van der Waals surface area (Å²) in [6, 6.07) is 7.63. The zero-order chi connectivity index (χ0) is 16.7. The largest absolute Gasteiger partial charge is 0.411 e. The molecule has 0 radical (unpaired) electrons. The molecule has 0 spiro atoms. The van der Waals surface area contributed by atoms with Crippen molar-refractivity contribution in [1.29, 1.82) is 0 Å². The van der Waals surface area contributed by atoms with Crippen LogP contribution in [0.25, 0.3) is 0 Å². The first-order valence-electron chi connectivity index (χ1n) is 6.51. The molecule has 0 aliphatic rings. The second-order valence-corrected chi connectivity index (χ2v) is 4.46. The van der Waals surface area contributed by atoms with Gasteiger partial charge in [-0.1, -0.05) is 12.1 Å². The molecule has 0 saturated carbocycles. The molecular weight excluding hydrogens is 313 g/mol. The summed E-state index contributed by atoms with van der Waals surface area (Å²) in [4.78, 5) is 19.6. The van der Waals surface area contributed by atoms with Crippen LogP contribution in [-0.4, -0.2) is 28.7 Å². The van der Waals surface area contributed by atoms with E-state index in [0.29, 0.717) is 11.1 Å². The summed E-state index contributed by atoms with van der Waals surface area (Å²) < 4.78 is 40.4. The molecular formula is C14H13F3N4O2. The van der Waals surface area contributed by atoms with Gasteiger partial charge < -0.3 is 4.74 Å². The molecule has 0 bridgehead atoms. The van der Waals surface area contributed by atoms with Gasteiger partial charge in [0.1, 0.15) is 6.61 Å². The summed E-state index contributed by atoms with van der Waals surface area (Å²) in [6.45, 7) is -1.49. The Morgan fingerprint density at radius 2 is 1.78 bits per heavy atom. The number of anilines is 1. The highest BCUT2D eigenvalue weighted by atomic mass is 19.4. The molecule has 2 aromatic rings. The number of carbonyl (C=O) groups excluding carboxylic acids is 1. The van der Waals surface area contributed by atoms with Crippen LogP contribution in [0.3, 0.4) is 0 Å². The topological polar surface area (TPSA) is 76.1 Å². The summed E-state index contributed by atoms with van der Waals surface area (Å²) in [6.07, 6.45) is -1.33. The van der Waals surface area contributed by atoms with Crippen molar-refractivity contribution in [2.45, 2.75) is 12.8 Å². The van der Waals surface area contributed by atoms with Crippen LogP contribution >= 0.6 is 0 Å². The zero-order valence-corrected chi connectivity index (χ0v) is 11.8. The summed E-state index contributed by atoms with van der Waals surface area (Å²) in [5.41, 5.74) is 5.80. The molecule has 1 heterocycles. The van der Waals surface area contributed by atoms with Gasteiger partial charge in [-0.2, -0.15) is 13.2 Å². The minimum absolute atomic E-state index is 0.183. The molecule has 0 saturated heterocycles. The average Bonchev–Trinajstić information content (AvgIpc) is 2.53. The molecule has 0 aliphatic carbocycles. The molecule has 0 aliphatic heterocycles. The van der Waals surface area contributed by atoms with Crippen LogP contribution < -0.4 is 10.9 Å². The molecule has 0 atom stereocenters. The minimum Gasteiger partial charge on any atom is -0.367 e. The Kier molecular flexibility index (Phi) is 5.47. The summed E-state index contributed by atoms with van der Waals surface area (Å²) >= 11 is 0. The number of nitrogens with one attached hydrogen (secondary N) is 2. The number of carbonyl (C=O) groups is 1. The third-order valence-electron chi connectivity index (χ3n) is 2.60. The van der Waals surface area contributed by atoms with Crippen LogP contribution in [0.5, 0.6) is 0 Å². The van der Waals surface area contributed by atoms with Gasteiger partial charge in [0.2, 0.25) is 5.95 Å². The molecule has 23 heavy (non-hydrogen) atoms. The van der Waals surface area contributed by atoms with Gasteiger partial charge in [-0.15, -0.1) is 0 Å². The molecule has 1 amide bonds. The van der Waals surface area contributed by atoms with E-state index in [-0.39, 0.29) is 12.6 Å². The highest BCUT2D eigenvalue weighted by molar-refractivity contribution is 5.94. The molecule has 2 rings (SSSR count). The molecule has 1 aromatic heterocycles. The van der Waals surface area contributed by atoms with Crippen LogP contribution in [0.4, 0.5) is 19.1 Å². The molecule has 0 fully saturated rings. The number of hydrogen-bond donors (Lipinski definition) is 2. The first-order chi connectivity index (χ1) is 10.9. The number of halogens is 3. The summed E-state index contributed by atoms with van der Waals surface area (Å²) in [7, 11) is 0. The van der Waals surface area contributed by atoms with Crippen molar-refractivity contribution in [3.05, 3.63) is 53.9 Å². The molecule has 1 aromatic carbocycles. The van der Waals surface area contributed by atoms with Gasteiger partial charge in [-0.3, -0.25) is 15.6 Å². The first kappa shape index (κ1) is 16.7. The normalized spacial score (nSPS) is 11.1. The number of amides is 1. The Morgan fingerprint density at radius 1 is 1.13 bits per heavy atom. The SMILES string of the molecule is O=C(NNc1ncccn1)c1ccc(COCC(F)(F)F)cc1. The van der Waals surface area contributed by atoms with Crippen molar-refractivity contribution in [3.63, 3.8) is 0 Å². The number of nitrogens with zero attached hydrogens (tertiary/aromatic N) is 2. The lowest BCUT2D eigenvalue weighted by Gasteiger charge is -2.09. The lowest BCUT2D eigenvalue weighted by Crippen LogP contribution is -2.30. The van der Waals surface area contributed by atoms with E-state index in [9.17, 15) is 18.0 Å². The van der Waals surface area contributed by atoms with Gasteiger partial charge in [-0.05, 0) is 23.8 Å². The maximum atomic E-state index is 12.0. The van der Waals surface area contributed by atoms with E-state index in [4.69, 9.17) is 0 Å². The third kappa shape index (κ3) is 5.91. The fourth-order valence-corrected chi connectivity index (χ4v) is 1.59. The Hall–Kier alpha value is -2.68. The van der Waals surface area contributed by atoms with Crippen molar-refractivity contribution >= 4 is 11.9 Å². The quantitative estimate of drug-likeness (QED) is 0.797. The summed E-state index contributed by atoms with van der Waals surface area (Å²) in [5.74, 6) is -0.196. The first-order valence-corrected chi connectivity index (χ1v) is 6.51. The Bertz CT molecular complexity index is 633. The van der Waals surface area contributed by atoms with Gasteiger partial charge in [-0.25, -0.2) is 9.97 Å². The number of benzene rings is 1. The van der Waals surface area contributed by atoms with E-state index in [2.05, 4.69) is 25.6 Å². The maximum absolute atomic E-state index is 12.0. The Labute approximate surface area is 129 Å². The van der Waals surface area contributed by atoms with Gasteiger partial charge >= 0.3 is 6.18 Å². The minimum atomic E-state index is -4.36. The monoisotopic (exact) mass is 326 g/mol. The highest BCUT2D eigenvalue weighted by Crippen LogP contribution is 2.15. The lowest BCUT2D eigenvalue weighted by molar-refractivity contribution is -0.176. The molecule has 6 nitrogen and oxygen atoms in total. The van der Waals surface area contributed by atoms with Crippen molar-refractivity contribution in [1.82, 2.24) is 15.4 Å². The van der Waals surface area contributed by atoms with E-state index in [1.165, 1.54) is 36.7 Å². The molecule has 9 heteroatoms. The number of hydrazine groups is 1. The fraction of sp³-hybridized carbons (Fsp3) is 0.214. The number of ether oxygens (including phenoxy) is 1. The van der Waals surface area contributed by atoms with Gasteiger partial charge in [0.15, 0.2) is 0 Å². The van der Waals surface area contributed by atoms with E-state index in [0.717, 1.165) is 0 Å². The van der Waals surface area contributed by atoms with Crippen LogP contribution in [0.2, 0.25) is 0 Å². The predicted molar refractivity (Wildman–Crippen MR) is 75.3 cm³/mol. The molecule has 0 unspecified atom stereocenters. The predicted octanol–water partition coefficient (Wildman–Crippen LogP) is 2.31. The van der Waals surface area contributed by atoms with Crippen molar-refractivity contribution in [2.24, 2.45) is 0 Å². The average molecular weight is 326 g/mol. The number of hydrogen-bond acceptors (Lipinski definition) is 5. The van der Waals surface area contributed by atoms with E-state index >= 15 is 0 Å². The second kappa shape index (κ2) is 7.54. The van der Waals surface area contributed by atoms with E-state index in [1.54, 1.807) is 6.07 Å². The second-order valence-electron chi connectivity index (χ2n) is 4.46. The Morgan fingerprint density at radius 3 is 2.39 bits per heavy atom. The molecule has 122 valence electrons. The summed E-state index contributed by atoms with van der Waals surface area (Å²) in [5, 5.41) is 0.